The third-order valence-electron chi connectivity index (χ3n) is 2.27. The summed E-state index contributed by atoms with van der Waals surface area (Å²) in [5.41, 5.74) is -0.555. The van der Waals surface area contributed by atoms with Crippen LogP contribution in [0.3, 0.4) is 0 Å². The molecule has 0 aliphatic heterocycles. The summed E-state index contributed by atoms with van der Waals surface area (Å²) in [6.07, 6.45) is -0.271. The number of hydrogen-bond acceptors (Lipinski definition) is 3. The first kappa shape index (κ1) is 15.0. The molecule has 1 aromatic carbocycles. The van der Waals surface area contributed by atoms with Gasteiger partial charge in [-0.05, 0) is 12.1 Å². The maximum Gasteiger partial charge on any atom is 0.326 e. The lowest BCUT2D eigenvalue weighted by atomic mass is 10.1. The fourth-order valence-corrected chi connectivity index (χ4v) is 1.31. The molecule has 1 aromatic rings. The summed E-state index contributed by atoms with van der Waals surface area (Å²) >= 11 is 0. The molecule has 8 heteroatoms. The lowest BCUT2D eigenvalue weighted by molar-refractivity contribution is -0.139. The number of carboxylic acids is 1. The first-order valence-electron chi connectivity index (χ1n) is 5.16. The van der Waals surface area contributed by atoms with Crippen LogP contribution in [0.15, 0.2) is 12.1 Å². The highest BCUT2D eigenvalue weighted by Crippen LogP contribution is 2.13. The first-order chi connectivity index (χ1) is 8.86. The van der Waals surface area contributed by atoms with Crippen molar-refractivity contribution < 1.29 is 33.0 Å². The van der Waals surface area contributed by atoms with Crippen LogP contribution in [0, 0.1) is 17.5 Å². The highest BCUT2D eigenvalue weighted by Gasteiger charge is 2.21. The number of nitrogens with one attached hydrogen (secondary N) is 1. The minimum Gasteiger partial charge on any atom is -0.480 e. The fraction of sp³-hybridized carbons (Fsp3) is 0.273. The Balaban J connectivity index is 2.91. The second-order valence-electron chi connectivity index (χ2n) is 3.63. The van der Waals surface area contributed by atoms with Gasteiger partial charge in [0.2, 0.25) is 0 Å². The Kier molecular flexibility index (Phi) is 4.87. The van der Waals surface area contributed by atoms with E-state index in [1.54, 1.807) is 0 Å². The molecule has 0 aliphatic rings. The summed E-state index contributed by atoms with van der Waals surface area (Å²) in [5, 5.41) is 19.3. The van der Waals surface area contributed by atoms with E-state index in [4.69, 9.17) is 10.2 Å². The Morgan fingerprint density at radius 3 is 2.16 bits per heavy atom. The quantitative estimate of drug-likeness (QED) is 0.690. The largest absolute Gasteiger partial charge is 0.480 e. The molecule has 1 atom stereocenters. The molecule has 0 aliphatic carbocycles. The number of aliphatic hydroxyl groups is 1. The van der Waals surface area contributed by atoms with E-state index in [0.29, 0.717) is 12.1 Å². The molecule has 1 rings (SSSR count). The van der Waals surface area contributed by atoms with Crippen molar-refractivity contribution in [2.75, 3.05) is 6.61 Å². The Morgan fingerprint density at radius 2 is 1.74 bits per heavy atom. The molecule has 0 fully saturated rings. The van der Waals surface area contributed by atoms with Gasteiger partial charge >= 0.3 is 5.97 Å². The first-order valence-corrected chi connectivity index (χ1v) is 5.16. The van der Waals surface area contributed by atoms with Crippen LogP contribution >= 0.6 is 0 Å². The molecule has 0 unspecified atom stereocenters. The van der Waals surface area contributed by atoms with Gasteiger partial charge < -0.3 is 15.5 Å². The van der Waals surface area contributed by atoms with Crippen LogP contribution in [0.2, 0.25) is 0 Å². The van der Waals surface area contributed by atoms with Crippen LogP contribution in [0.5, 0.6) is 0 Å². The van der Waals surface area contributed by atoms with Crippen LogP contribution < -0.4 is 5.32 Å². The second kappa shape index (κ2) is 6.19. The molecule has 0 radical (unpaired) electrons. The number of hydrogen-bond donors (Lipinski definition) is 3. The Morgan fingerprint density at radius 1 is 1.21 bits per heavy atom. The number of aliphatic hydroxyl groups excluding tert-OH is 1. The van der Waals surface area contributed by atoms with Gasteiger partial charge in [-0.25, -0.2) is 18.0 Å². The predicted octanol–water partition coefficient (Wildman–Crippen LogP) is 0.669. The highest BCUT2D eigenvalue weighted by molar-refractivity contribution is 5.96. The van der Waals surface area contributed by atoms with Crippen molar-refractivity contribution in [2.24, 2.45) is 0 Å². The van der Waals surface area contributed by atoms with Crippen LogP contribution in [0.25, 0.3) is 0 Å². The van der Waals surface area contributed by atoms with Gasteiger partial charge in [0.05, 0.1) is 0 Å². The van der Waals surface area contributed by atoms with Gasteiger partial charge in [0.1, 0.15) is 6.04 Å². The van der Waals surface area contributed by atoms with Crippen molar-refractivity contribution in [1.82, 2.24) is 5.32 Å². The van der Waals surface area contributed by atoms with E-state index in [-0.39, 0.29) is 6.42 Å². The number of amides is 1. The molecule has 0 heterocycles. The maximum absolute atomic E-state index is 12.9. The summed E-state index contributed by atoms with van der Waals surface area (Å²) in [5.74, 6) is -7.33. The second-order valence-corrected chi connectivity index (χ2v) is 3.63. The zero-order valence-corrected chi connectivity index (χ0v) is 9.49. The number of carbonyl (C=O) groups is 2. The number of carboxylic acid groups (broad SMARTS) is 1. The molecule has 0 saturated carbocycles. The summed E-state index contributed by atoms with van der Waals surface area (Å²) in [6, 6.07) is -0.509. The smallest absolute Gasteiger partial charge is 0.326 e. The third kappa shape index (κ3) is 3.68. The maximum atomic E-state index is 12.9. The Labute approximate surface area is 105 Å². The predicted molar refractivity (Wildman–Crippen MR) is 56.9 cm³/mol. The van der Waals surface area contributed by atoms with Gasteiger partial charge in [-0.1, -0.05) is 0 Å². The third-order valence-corrected chi connectivity index (χ3v) is 2.27. The van der Waals surface area contributed by atoms with E-state index in [0.717, 1.165) is 0 Å². The summed E-state index contributed by atoms with van der Waals surface area (Å²) in [6.45, 7) is -0.497. The molecule has 104 valence electrons. The minimum atomic E-state index is -1.72. The summed E-state index contributed by atoms with van der Waals surface area (Å²) < 4.78 is 38.5. The summed E-state index contributed by atoms with van der Waals surface area (Å²) in [7, 11) is 0. The van der Waals surface area contributed by atoms with Gasteiger partial charge in [0.25, 0.3) is 5.91 Å². The fourth-order valence-electron chi connectivity index (χ4n) is 1.31. The van der Waals surface area contributed by atoms with Crippen LogP contribution in [-0.4, -0.2) is 34.7 Å². The Hall–Kier alpha value is -2.09. The Bertz CT molecular complexity index is 484. The highest BCUT2D eigenvalue weighted by atomic mass is 19.2. The van der Waals surface area contributed by atoms with Crippen molar-refractivity contribution >= 4 is 11.9 Å². The van der Waals surface area contributed by atoms with E-state index in [1.165, 1.54) is 0 Å². The molecule has 0 spiro atoms. The normalized spacial score (nSPS) is 12.0. The van der Waals surface area contributed by atoms with Crippen molar-refractivity contribution in [3.05, 3.63) is 35.1 Å². The average Bonchev–Trinajstić information content (AvgIpc) is 2.34. The number of benzene rings is 1. The average molecular weight is 277 g/mol. The van der Waals surface area contributed by atoms with Gasteiger partial charge in [-0.3, -0.25) is 4.79 Å². The lowest BCUT2D eigenvalue weighted by Gasteiger charge is -2.13. The molecule has 0 saturated heterocycles. The molecule has 1 amide bonds. The molecule has 5 nitrogen and oxygen atoms in total. The van der Waals surface area contributed by atoms with Gasteiger partial charge in [0, 0.05) is 18.6 Å². The molecule has 0 aromatic heterocycles. The molecular formula is C11H10F3NO4. The monoisotopic (exact) mass is 277 g/mol. The van der Waals surface area contributed by atoms with Gasteiger partial charge in [0.15, 0.2) is 17.5 Å². The number of rotatable bonds is 5. The SMILES string of the molecule is O=C(N[C@H](CCO)C(=O)O)c1cc(F)c(F)c(F)c1. The molecule has 19 heavy (non-hydrogen) atoms. The van der Waals surface area contributed by atoms with Crippen molar-refractivity contribution in [2.45, 2.75) is 12.5 Å². The topological polar surface area (TPSA) is 86.6 Å². The van der Waals surface area contributed by atoms with Crippen molar-refractivity contribution in [3.63, 3.8) is 0 Å². The van der Waals surface area contributed by atoms with Gasteiger partial charge in [-0.2, -0.15) is 0 Å². The minimum absolute atomic E-state index is 0.271. The van der Waals surface area contributed by atoms with Crippen molar-refractivity contribution in [1.29, 1.82) is 0 Å². The van der Waals surface area contributed by atoms with Crippen LogP contribution in [-0.2, 0) is 4.79 Å². The van der Waals surface area contributed by atoms with E-state index >= 15 is 0 Å². The number of carbonyl (C=O) groups excluding carboxylic acids is 1. The standard InChI is InChI=1S/C11H10F3NO4/c12-6-3-5(4-7(13)9(6)14)10(17)15-8(1-2-16)11(18)19/h3-4,8,16H,1-2H2,(H,15,17)(H,18,19)/t8-/m1/s1. The van der Waals surface area contributed by atoms with Gasteiger partial charge in [-0.15, -0.1) is 0 Å². The molecule has 0 bridgehead atoms. The number of halogens is 3. The van der Waals surface area contributed by atoms with E-state index < -0.39 is 47.5 Å². The van der Waals surface area contributed by atoms with Crippen molar-refractivity contribution in [3.8, 4) is 0 Å². The zero-order chi connectivity index (χ0) is 14.6. The lowest BCUT2D eigenvalue weighted by Crippen LogP contribution is -2.41. The molecule has 3 N–H and O–H groups in total. The molecular weight excluding hydrogens is 267 g/mol. The van der Waals surface area contributed by atoms with Crippen LogP contribution in [0.1, 0.15) is 16.8 Å². The van der Waals surface area contributed by atoms with E-state index in [9.17, 15) is 22.8 Å². The van der Waals surface area contributed by atoms with E-state index in [1.807, 2.05) is 5.32 Å². The summed E-state index contributed by atoms with van der Waals surface area (Å²) in [4.78, 5) is 22.2. The van der Waals surface area contributed by atoms with E-state index in [2.05, 4.69) is 0 Å². The number of aliphatic carboxylic acids is 1. The zero-order valence-electron chi connectivity index (χ0n) is 9.49. The van der Waals surface area contributed by atoms with Crippen LogP contribution in [0.4, 0.5) is 13.2 Å².